The van der Waals surface area contributed by atoms with Gasteiger partial charge < -0.3 is 15.5 Å². The van der Waals surface area contributed by atoms with E-state index in [0.717, 1.165) is 37.1 Å². The van der Waals surface area contributed by atoms with Gasteiger partial charge in [-0.2, -0.15) is 5.10 Å². The van der Waals surface area contributed by atoms with E-state index in [4.69, 9.17) is 0 Å². The van der Waals surface area contributed by atoms with Gasteiger partial charge in [0.05, 0.1) is 12.2 Å². The number of aromatic nitrogens is 2. The molecule has 2 heterocycles. The predicted octanol–water partition coefficient (Wildman–Crippen LogP) is 1.59. The molecule has 22 heavy (non-hydrogen) atoms. The van der Waals surface area contributed by atoms with Gasteiger partial charge in [-0.3, -0.25) is 5.10 Å². The zero-order valence-corrected chi connectivity index (χ0v) is 13.9. The molecule has 0 aromatic carbocycles. The molecule has 1 aliphatic rings. The maximum atomic E-state index is 4.56. The topological polar surface area (TPSA) is 68.3 Å². The molecule has 124 valence electrons. The molecule has 6 heteroatoms. The summed E-state index contributed by atoms with van der Waals surface area (Å²) in [5.74, 6) is 1.79. The standard InChI is InChI=1S/C16H30N6/c1-3-17-16(19-13-15-5-9-20-21-15)18-8-4-10-22-11-6-14(2)7-12-22/h5,9,14H,3-4,6-8,10-13H2,1-2H3,(H,20,21)(H2,17,18,19). The van der Waals surface area contributed by atoms with Crippen molar-refractivity contribution in [3.8, 4) is 0 Å². The summed E-state index contributed by atoms with van der Waals surface area (Å²) in [6.07, 6.45) is 5.61. The summed E-state index contributed by atoms with van der Waals surface area (Å²) < 4.78 is 0. The Morgan fingerprint density at radius 2 is 2.23 bits per heavy atom. The lowest BCUT2D eigenvalue weighted by Crippen LogP contribution is -2.39. The Labute approximate surface area is 133 Å². The fourth-order valence-electron chi connectivity index (χ4n) is 2.67. The lowest BCUT2D eigenvalue weighted by Gasteiger charge is -2.30. The van der Waals surface area contributed by atoms with Crippen LogP contribution >= 0.6 is 0 Å². The Morgan fingerprint density at radius 1 is 1.41 bits per heavy atom. The zero-order chi connectivity index (χ0) is 15.6. The van der Waals surface area contributed by atoms with E-state index < -0.39 is 0 Å². The molecule has 0 radical (unpaired) electrons. The van der Waals surface area contributed by atoms with E-state index in [1.165, 1.54) is 32.5 Å². The van der Waals surface area contributed by atoms with E-state index >= 15 is 0 Å². The summed E-state index contributed by atoms with van der Waals surface area (Å²) in [5.41, 5.74) is 1.03. The molecule has 1 saturated heterocycles. The Morgan fingerprint density at radius 3 is 2.91 bits per heavy atom. The van der Waals surface area contributed by atoms with Gasteiger partial charge in [-0.1, -0.05) is 6.92 Å². The third-order valence-electron chi connectivity index (χ3n) is 4.13. The largest absolute Gasteiger partial charge is 0.357 e. The number of hydrogen-bond acceptors (Lipinski definition) is 3. The zero-order valence-electron chi connectivity index (χ0n) is 13.9. The molecule has 0 spiro atoms. The minimum atomic E-state index is 0.624. The van der Waals surface area contributed by atoms with Crippen LogP contribution in [0, 0.1) is 5.92 Å². The highest BCUT2D eigenvalue weighted by atomic mass is 15.2. The molecular formula is C16H30N6. The van der Waals surface area contributed by atoms with Gasteiger partial charge in [0.1, 0.15) is 0 Å². The van der Waals surface area contributed by atoms with Gasteiger partial charge in [-0.05, 0) is 57.8 Å². The van der Waals surface area contributed by atoms with Crippen molar-refractivity contribution in [2.45, 2.75) is 39.7 Å². The van der Waals surface area contributed by atoms with Gasteiger partial charge in [-0.15, -0.1) is 0 Å². The number of rotatable bonds is 7. The van der Waals surface area contributed by atoms with Crippen LogP contribution in [0.25, 0.3) is 0 Å². The number of H-pyrrole nitrogens is 1. The van der Waals surface area contributed by atoms with E-state index in [1.54, 1.807) is 6.20 Å². The Balaban J connectivity index is 1.64. The Hall–Kier alpha value is -1.56. The molecule has 0 amide bonds. The number of likely N-dealkylation sites (tertiary alicyclic amines) is 1. The van der Waals surface area contributed by atoms with Gasteiger partial charge in [0.2, 0.25) is 0 Å². The third kappa shape index (κ3) is 6.05. The molecule has 1 aliphatic heterocycles. The Bertz CT molecular complexity index is 420. The minimum absolute atomic E-state index is 0.624. The second kappa shape index (κ2) is 9.46. The van der Waals surface area contributed by atoms with Crippen molar-refractivity contribution in [1.82, 2.24) is 25.7 Å². The van der Waals surface area contributed by atoms with Crippen molar-refractivity contribution in [1.29, 1.82) is 0 Å². The molecule has 0 atom stereocenters. The maximum absolute atomic E-state index is 4.56. The first-order valence-corrected chi connectivity index (χ1v) is 8.50. The first kappa shape index (κ1) is 16.8. The summed E-state index contributed by atoms with van der Waals surface area (Å²) in [7, 11) is 0. The second-order valence-corrected chi connectivity index (χ2v) is 6.08. The molecule has 3 N–H and O–H groups in total. The molecule has 1 aromatic rings. The van der Waals surface area contributed by atoms with Gasteiger partial charge in [0, 0.05) is 19.3 Å². The number of aliphatic imine (C=N–C) groups is 1. The Kier molecular flexibility index (Phi) is 7.22. The quantitative estimate of drug-likeness (QED) is 0.406. The number of aromatic amines is 1. The van der Waals surface area contributed by atoms with Gasteiger partial charge in [-0.25, -0.2) is 4.99 Å². The minimum Gasteiger partial charge on any atom is -0.357 e. The molecule has 2 rings (SSSR count). The highest BCUT2D eigenvalue weighted by Crippen LogP contribution is 2.15. The number of nitrogens with zero attached hydrogens (tertiary/aromatic N) is 3. The number of nitrogens with one attached hydrogen (secondary N) is 3. The number of piperidine rings is 1. The monoisotopic (exact) mass is 306 g/mol. The summed E-state index contributed by atoms with van der Waals surface area (Å²) >= 11 is 0. The number of hydrogen-bond donors (Lipinski definition) is 3. The van der Waals surface area contributed by atoms with Crippen LogP contribution in [0.2, 0.25) is 0 Å². The first-order valence-electron chi connectivity index (χ1n) is 8.50. The maximum Gasteiger partial charge on any atom is 0.191 e. The SMILES string of the molecule is CCNC(=NCc1ccn[nH]1)NCCCN1CCC(C)CC1. The fraction of sp³-hybridized carbons (Fsp3) is 0.750. The molecule has 0 aliphatic carbocycles. The molecule has 1 aromatic heterocycles. The van der Waals surface area contributed by atoms with Gasteiger partial charge in [0.15, 0.2) is 5.96 Å². The van der Waals surface area contributed by atoms with Gasteiger partial charge in [0.25, 0.3) is 0 Å². The normalized spacial score (nSPS) is 17.6. The van der Waals surface area contributed by atoms with Crippen LogP contribution < -0.4 is 10.6 Å². The smallest absolute Gasteiger partial charge is 0.191 e. The lowest BCUT2D eigenvalue weighted by atomic mass is 9.99. The third-order valence-corrected chi connectivity index (χ3v) is 4.13. The predicted molar refractivity (Wildman–Crippen MR) is 90.9 cm³/mol. The van der Waals surface area contributed by atoms with Crippen molar-refractivity contribution in [2.24, 2.45) is 10.9 Å². The van der Waals surface area contributed by atoms with E-state index in [0.29, 0.717) is 6.54 Å². The van der Waals surface area contributed by atoms with Crippen LogP contribution in [-0.4, -0.2) is 53.8 Å². The highest BCUT2D eigenvalue weighted by molar-refractivity contribution is 5.79. The van der Waals surface area contributed by atoms with Crippen molar-refractivity contribution >= 4 is 5.96 Å². The molecular weight excluding hydrogens is 276 g/mol. The molecule has 1 fully saturated rings. The van der Waals surface area contributed by atoms with Crippen molar-refractivity contribution in [3.63, 3.8) is 0 Å². The second-order valence-electron chi connectivity index (χ2n) is 6.08. The van der Waals surface area contributed by atoms with Crippen LogP contribution in [0.4, 0.5) is 0 Å². The van der Waals surface area contributed by atoms with Crippen LogP contribution in [0.1, 0.15) is 38.8 Å². The van der Waals surface area contributed by atoms with Crippen LogP contribution in [0.3, 0.4) is 0 Å². The molecule has 0 saturated carbocycles. The van der Waals surface area contributed by atoms with E-state index in [2.05, 4.69) is 44.6 Å². The summed E-state index contributed by atoms with van der Waals surface area (Å²) in [6, 6.07) is 1.95. The molecule has 0 unspecified atom stereocenters. The number of guanidine groups is 1. The van der Waals surface area contributed by atoms with E-state index in [1.807, 2.05) is 6.07 Å². The van der Waals surface area contributed by atoms with Gasteiger partial charge >= 0.3 is 0 Å². The molecule has 6 nitrogen and oxygen atoms in total. The van der Waals surface area contributed by atoms with Crippen LogP contribution in [-0.2, 0) is 6.54 Å². The van der Waals surface area contributed by atoms with Crippen molar-refractivity contribution in [2.75, 3.05) is 32.7 Å². The highest BCUT2D eigenvalue weighted by Gasteiger charge is 2.14. The average molecular weight is 306 g/mol. The summed E-state index contributed by atoms with van der Waals surface area (Å²) in [5, 5.41) is 13.6. The fourth-order valence-corrected chi connectivity index (χ4v) is 2.67. The summed E-state index contributed by atoms with van der Waals surface area (Å²) in [4.78, 5) is 7.14. The molecule has 0 bridgehead atoms. The van der Waals surface area contributed by atoms with Crippen molar-refractivity contribution in [3.05, 3.63) is 18.0 Å². The summed E-state index contributed by atoms with van der Waals surface area (Å²) in [6.45, 7) is 10.6. The van der Waals surface area contributed by atoms with Crippen molar-refractivity contribution < 1.29 is 0 Å². The average Bonchev–Trinajstić information content (AvgIpc) is 3.04. The van der Waals surface area contributed by atoms with Crippen LogP contribution in [0.15, 0.2) is 17.3 Å². The van der Waals surface area contributed by atoms with Crippen LogP contribution in [0.5, 0.6) is 0 Å². The van der Waals surface area contributed by atoms with E-state index in [-0.39, 0.29) is 0 Å². The first-order chi connectivity index (χ1) is 10.8. The van der Waals surface area contributed by atoms with E-state index in [9.17, 15) is 0 Å². The lowest BCUT2D eigenvalue weighted by molar-refractivity contribution is 0.191.